The van der Waals surface area contributed by atoms with Crippen molar-refractivity contribution in [1.82, 2.24) is 0 Å². The van der Waals surface area contributed by atoms with Crippen molar-refractivity contribution in [3.8, 4) is 11.5 Å². The zero-order chi connectivity index (χ0) is 10.9. The van der Waals surface area contributed by atoms with Crippen LogP contribution in [0.5, 0.6) is 11.5 Å². The van der Waals surface area contributed by atoms with Crippen molar-refractivity contribution in [3.63, 3.8) is 0 Å². The van der Waals surface area contributed by atoms with Gasteiger partial charge in [-0.25, -0.2) is 4.79 Å². The maximum Gasteiger partial charge on any atom is 0.339 e. The second kappa shape index (κ2) is 3.57. The van der Waals surface area contributed by atoms with Gasteiger partial charge in [0.15, 0.2) is 0 Å². The molecule has 76 valence electrons. The smallest absolute Gasteiger partial charge is 0.339 e. The van der Waals surface area contributed by atoms with Gasteiger partial charge in [-0.1, -0.05) is 13.8 Å². The summed E-state index contributed by atoms with van der Waals surface area (Å²) >= 11 is 0. The second-order valence-electron chi connectivity index (χ2n) is 3.39. The average molecular weight is 196 g/mol. The van der Waals surface area contributed by atoms with Gasteiger partial charge < -0.3 is 15.3 Å². The highest BCUT2D eigenvalue weighted by molar-refractivity contribution is 5.93. The van der Waals surface area contributed by atoms with Crippen molar-refractivity contribution in [3.05, 3.63) is 23.3 Å². The van der Waals surface area contributed by atoms with Gasteiger partial charge in [-0.2, -0.15) is 0 Å². The number of phenols is 2. The van der Waals surface area contributed by atoms with Crippen LogP contribution in [0.2, 0.25) is 0 Å². The minimum atomic E-state index is -1.19. The quantitative estimate of drug-likeness (QED) is 0.675. The van der Waals surface area contributed by atoms with Crippen molar-refractivity contribution < 1.29 is 20.1 Å². The summed E-state index contributed by atoms with van der Waals surface area (Å²) in [7, 11) is 0. The number of carbonyl (C=O) groups is 1. The molecule has 14 heavy (non-hydrogen) atoms. The number of benzene rings is 1. The summed E-state index contributed by atoms with van der Waals surface area (Å²) < 4.78 is 0. The first-order valence-electron chi connectivity index (χ1n) is 4.22. The topological polar surface area (TPSA) is 77.8 Å². The Morgan fingerprint density at radius 1 is 1.29 bits per heavy atom. The number of carboxylic acid groups (broad SMARTS) is 1. The third-order valence-electron chi connectivity index (χ3n) is 1.97. The van der Waals surface area contributed by atoms with E-state index in [0.29, 0.717) is 5.56 Å². The molecule has 0 aliphatic carbocycles. The molecular weight excluding hydrogens is 184 g/mol. The van der Waals surface area contributed by atoms with Crippen molar-refractivity contribution >= 4 is 5.97 Å². The first-order valence-corrected chi connectivity index (χ1v) is 4.22. The van der Waals surface area contributed by atoms with Gasteiger partial charge >= 0.3 is 5.97 Å². The first-order chi connectivity index (χ1) is 6.43. The molecule has 0 amide bonds. The van der Waals surface area contributed by atoms with E-state index in [9.17, 15) is 15.0 Å². The fourth-order valence-electron chi connectivity index (χ4n) is 1.32. The number of aromatic hydroxyl groups is 2. The molecule has 0 saturated carbocycles. The van der Waals surface area contributed by atoms with Gasteiger partial charge in [0, 0.05) is 6.07 Å². The summed E-state index contributed by atoms with van der Waals surface area (Å²) in [6, 6.07) is 2.38. The molecule has 0 fully saturated rings. The molecule has 1 aromatic rings. The largest absolute Gasteiger partial charge is 0.508 e. The lowest BCUT2D eigenvalue weighted by Gasteiger charge is -2.11. The molecule has 1 aromatic carbocycles. The Balaban J connectivity index is 3.44. The number of rotatable bonds is 2. The number of phenolic OH excluding ortho intramolecular Hbond substituents is 1. The molecule has 0 aromatic heterocycles. The molecule has 4 heteroatoms. The van der Waals surface area contributed by atoms with Crippen LogP contribution in [0.3, 0.4) is 0 Å². The highest BCUT2D eigenvalue weighted by Crippen LogP contribution is 2.31. The van der Waals surface area contributed by atoms with Crippen LogP contribution in [0, 0.1) is 0 Å². The van der Waals surface area contributed by atoms with Crippen molar-refractivity contribution in [2.24, 2.45) is 0 Å². The van der Waals surface area contributed by atoms with E-state index in [2.05, 4.69) is 0 Å². The first kappa shape index (κ1) is 10.4. The van der Waals surface area contributed by atoms with Crippen LogP contribution in [-0.4, -0.2) is 21.3 Å². The van der Waals surface area contributed by atoms with E-state index in [1.165, 1.54) is 6.07 Å². The Bertz CT molecular complexity index is 369. The normalized spacial score (nSPS) is 10.5. The van der Waals surface area contributed by atoms with Gasteiger partial charge in [0.05, 0.1) is 0 Å². The van der Waals surface area contributed by atoms with Crippen LogP contribution in [0.4, 0.5) is 0 Å². The summed E-state index contributed by atoms with van der Waals surface area (Å²) in [4.78, 5) is 10.8. The Morgan fingerprint density at radius 2 is 1.86 bits per heavy atom. The van der Waals surface area contributed by atoms with E-state index < -0.39 is 11.7 Å². The van der Waals surface area contributed by atoms with Crippen LogP contribution >= 0.6 is 0 Å². The predicted octanol–water partition coefficient (Wildman–Crippen LogP) is 1.92. The van der Waals surface area contributed by atoms with Crippen LogP contribution < -0.4 is 0 Å². The zero-order valence-corrected chi connectivity index (χ0v) is 7.98. The van der Waals surface area contributed by atoms with E-state index in [0.717, 1.165) is 6.07 Å². The molecule has 0 radical (unpaired) electrons. The molecule has 0 heterocycles. The summed E-state index contributed by atoms with van der Waals surface area (Å²) in [6.07, 6.45) is 0. The molecule has 3 N–H and O–H groups in total. The van der Waals surface area contributed by atoms with Gasteiger partial charge in [0.25, 0.3) is 0 Å². The second-order valence-corrected chi connectivity index (χ2v) is 3.39. The Morgan fingerprint density at radius 3 is 2.29 bits per heavy atom. The van der Waals surface area contributed by atoms with E-state index in [1.54, 1.807) is 13.8 Å². The lowest BCUT2D eigenvalue weighted by atomic mass is 9.96. The number of aromatic carboxylic acids is 1. The van der Waals surface area contributed by atoms with Crippen LogP contribution in [0.25, 0.3) is 0 Å². The van der Waals surface area contributed by atoms with Crippen molar-refractivity contribution in [1.29, 1.82) is 0 Å². The van der Waals surface area contributed by atoms with Gasteiger partial charge in [-0.05, 0) is 17.5 Å². The lowest BCUT2D eigenvalue weighted by Crippen LogP contribution is -2.04. The fourth-order valence-corrected chi connectivity index (χ4v) is 1.32. The van der Waals surface area contributed by atoms with Gasteiger partial charge in [-0.3, -0.25) is 0 Å². The highest BCUT2D eigenvalue weighted by Gasteiger charge is 2.18. The maximum atomic E-state index is 10.8. The number of hydrogen-bond acceptors (Lipinski definition) is 3. The molecule has 0 aliphatic rings. The number of hydrogen-bond donors (Lipinski definition) is 3. The average Bonchev–Trinajstić information content (AvgIpc) is 2.01. The van der Waals surface area contributed by atoms with E-state index in [4.69, 9.17) is 5.11 Å². The molecule has 0 atom stereocenters. The minimum absolute atomic E-state index is 0.0703. The third kappa shape index (κ3) is 1.79. The summed E-state index contributed by atoms with van der Waals surface area (Å²) in [5.41, 5.74) is 0.285. The van der Waals surface area contributed by atoms with Gasteiger partial charge in [0.2, 0.25) is 0 Å². The highest BCUT2D eigenvalue weighted by atomic mass is 16.4. The van der Waals surface area contributed by atoms with Crippen molar-refractivity contribution in [2.45, 2.75) is 19.8 Å². The van der Waals surface area contributed by atoms with Crippen LogP contribution in [0.1, 0.15) is 35.7 Å². The van der Waals surface area contributed by atoms with Crippen molar-refractivity contribution in [2.75, 3.05) is 0 Å². The summed E-state index contributed by atoms with van der Waals surface area (Å²) in [6.45, 7) is 3.58. The predicted molar refractivity (Wildman–Crippen MR) is 50.8 cm³/mol. The maximum absolute atomic E-state index is 10.8. The summed E-state index contributed by atoms with van der Waals surface area (Å²) in [5, 5.41) is 27.4. The standard InChI is InChI=1S/C10H12O4/c1-5(2)7-3-6(11)4-8(12)9(7)10(13)14/h3-5,11-12H,1-2H3,(H,13,14). The minimum Gasteiger partial charge on any atom is -0.508 e. The van der Waals surface area contributed by atoms with Crippen LogP contribution in [0.15, 0.2) is 12.1 Å². The fraction of sp³-hybridized carbons (Fsp3) is 0.300. The number of carboxylic acids is 1. The lowest BCUT2D eigenvalue weighted by molar-refractivity contribution is 0.0692. The molecule has 0 unspecified atom stereocenters. The van der Waals surface area contributed by atoms with E-state index in [-0.39, 0.29) is 17.2 Å². The monoisotopic (exact) mass is 196 g/mol. The Hall–Kier alpha value is -1.71. The molecule has 0 bridgehead atoms. The van der Waals surface area contributed by atoms with Gasteiger partial charge in [0.1, 0.15) is 17.1 Å². The summed E-state index contributed by atoms with van der Waals surface area (Å²) in [5.74, 6) is -1.79. The Kier molecular flexibility index (Phi) is 2.65. The van der Waals surface area contributed by atoms with Gasteiger partial charge in [-0.15, -0.1) is 0 Å². The SMILES string of the molecule is CC(C)c1cc(O)cc(O)c1C(=O)O. The molecule has 0 spiro atoms. The molecule has 4 nitrogen and oxygen atoms in total. The molecule has 0 aliphatic heterocycles. The van der Waals surface area contributed by atoms with E-state index in [1.807, 2.05) is 0 Å². The third-order valence-corrected chi connectivity index (χ3v) is 1.97. The van der Waals surface area contributed by atoms with E-state index >= 15 is 0 Å². The Labute approximate surface area is 81.4 Å². The molecule has 0 saturated heterocycles. The molecule has 1 rings (SSSR count). The molecular formula is C10H12O4. The zero-order valence-electron chi connectivity index (χ0n) is 7.98. The van der Waals surface area contributed by atoms with Crippen LogP contribution in [-0.2, 0) is 0 Å².